The molecule has 18 heavy (non-hydrogen) atoms. The molecule has 0 aliphatic heterocycles. The molecule has 0 aliphatic rings. The van der Waals surface area contributed by atoms with E-state index in [0.717, 1.165) is 0 Å². The van der Waals surface area contributed by atoms with Crippen LogP contribution in [-0.4, -0.2) is 23.8 Å². The summed E-state index contributed by atoms with van der Waals surface area (Å²) in [6.45, 7) is 3.67. The summed E-state index contributed by atoms with van der Waals surface area (Å²) in [6.07, 6.45) is 0. The highest BCUT2D eigenvalue weighted by Gasteiger charge is 2.14. The number of hydrogen-bond donors (Lipinski definition) is 3. The number of anilines is 1. The summed E-state index contributed by atoms with van der Waals surface area (Å²) in [5.74, 6) is -0.0260. The minimum atomic E-state index is -0.384. The van der Waals surface area contributed by atoms with E-state index in [1.807, 2.05) is 19.9 Å². The molecular weight excluding hydrogens is 230 g/mol. The number of rotatable bonds is 4. The predicted octanol–water partition coefficient (Wildman–Crippen LogP) is 1.70. The van der Waals surface area contributed by atoms with Crippen molar-refractivity contribution in [3.63, 3.8) is 0 Å². The Bertz CT molecular complexity index is 454. The van der Waals surface area contributed by atoms with Gasteiger partial charge in [0, 0.05) is 12.6 Å². The number of nitrogens with zero attached hydrogens (tertiary/aromatic N) is 1. The van der Waals surface area contributed by atoms with E-state index in [1.165, 1.54) is 0 Å². The van der Waals surface area contributed by atoms with E-state index < -0.39 is 0 Å². The van der Waals surface area contributed by atoms with E-state index in [4.69, 9.17) is 10.4 Å². The van der Waals surface area contributed by atoms with Crippen LogP contribution in [0.15, 0.2) is 24.3 Å². The first-order valence-electron chi connectivity index (χ1n) is 5.76. The highest BCUT2D eigenvalue weighted by molar-refractivity contribution is 5.90. The zero-order valence-electron chi connectivity index (χ0n) is 10.5. The normalized spacial score (nSPS) is 13.2. The van der Waals surface area contributed by atoms with Gasteiger partial charge in [0.2, 0.25) is 0 Å². The van der Waals surface area contributed by atoms with E-state index >= 15 is 0 Å². The monoisotopic (exact) mass is 247 g/mol. The molecule has 2 atom stereocenters. The number of carbonyl (C=O) groups is 1. The lowest BCUT2D eigenvalue weighted by Gasteiger charge is -2.19. The lowest BCUT2D eigenvalue weighted by molar-refractivity contribution is 0.204. The van der Waals surface area contributed by atoms with Gasteiger partial charge >= 0.3 is 6.03 Å². The van der Waals surface area contributed by atoms with Gasteiger partial charge in [0.25, 0.3) is 0 Å². The zero-order valence-corrected chi connectivity index (χ0v) is 10.5. The number of nitrogens with one attached hydrogen (secondary N) is 2. The van der Waals surface area contributed by atoms with Gasteiger partial charge in [-0.15, -0.1) is 0 Å². The second-order valence-corrected chi connectivity index (χ2v) is 4.20. The third-order valence-corrected chi connectivity index (χ3v) is 2.80. The van der Waals surface area contributed by atoms with Crippen LogP contribution in [0.25, 0.3) is 0 Å². The van der Waals surface area contributed by atoms with Crippen LogP contribution in [0.2, 0.25) is 0 Å². The Balaban J connectivity index is 2.63. The number of urea groups is 1. The van der Waals surface area contributed by atoms with Crippen molar-refractivity contribution in [1.82, 2.24) is 5.32 Å². The fraction of sp³-hybridized carbons (Fsp3) is 0.385. The molecule has 0 bridgehead atoms. The molecule has 1 aromatic rings. The minimum Gasteiger partial charge on any atom is -0.396 e. The number of benzene rings is 1. The van der Waals surface area contributed by atoms with Crippen LogP contribution in [0.1, 0.15) is 19.4 Å². The van der Waals surface area contributed by atoms with E-state index in [2.05, 4.69) is 10.6 Å². The van der Waals surface area contributed by atoms with Gasteiger partial charge in [0.15, 0.2) is 0 Å². The van der Waals surface area contributed by atoms with E-state index in [0.29, 0.717) is 11.3 Å². The molecule has 0 aliphatic carbocycles. The molecule has 2 amide bonds. The molecule has 1 rings (SSSR count). The van der Waals surface area contributed by atoms with E-state index in [9.17, 15) is 4.79 Å². The average Bonchev–Trinajstić information content (AvgIpc) is 2.38. The third-order valence-electron chi connectivity index (χ3n) is 2.80. The second kappa shape index (κ2) is 6.62. The van der Waals surface area contributed by atoms with Crippen LogP contribution < -0.4 is 10.6 Å². The molecule has 0 saturated carbocycles. The Labute approximate surface area is 106 Å². The maximum absolute atomic E-state index is 11.7. The SMILES string of the molecule is CC(CO)C(C)NC(=O)Nc1ccccc1C#N. The molecule has 0 fully saturated rings. The Morgan fingerprint density at radius 3 is 2.72 bits per heavy atom. The summed E-state index contributed by atoms with van der Waals surface area (Å²) in [4.78, 5) is 11.7. The summed E-state index contributed by atoms with van der Waals surface area (Å²) < 4.78 is 0. The van der Waals surface area contributed by atoms with Gasteiger partial charge in [-0.25, -0.2) is 4.79 Å². The molecule has 0 heterocycles. The molecular formula is C13H17N3O2. The molecule has 3 N–H and O–H groups in total. The lowest BCUT2D eigenvalue weighted by Crippen LogP contribution is -2.40. The van der Waals surface area contributed by atoms with Crippen molar-refractivity contribution < 1.29 is 9.90 Å². The largest absolute Gasteiger partial charge is 0.396 e. The Kier molecular flexibility index (Phi) is 5.15. The van der Waals surface area contributed by atoms with Gasteiger partial charge in [-0.05, 0) is 25.0 Å². The third kappa shape index (κ3) is 3.75. The Morgan fingerprint density at radius 2 is 2.11 bits per heavy atom. The van der Waals surface area contributed by atoms with Crippen molar-refractivity contribution in [1.29, 1.82) is 5.26 Å². The molecule has 96 valence electrons. The molecule has 1 aromatic carbocycles. The minimum absolute atomic E-state index is 0.0101. The van der Waals surface area contributed by atoms with Crippen LogP contribution in [0, 0.1) is 17.2 Å². The van der Waals surface area contributed by atoms with Crippen LogP contribution in [0.5, 0.6) is 0 Å². The summed E-state index contributed by atoms with van der Waals surface area (Å²) in [5.41, 5.74) is 0.886. The van der Waals surface area contributed by atoms with Crippen molar-refractivity contribution in [3.05, 3.63) is 29.8 Å². The molecule has 0 saturated heterocycles. The molecule has 5 nitrogen and oxygen atoms in total. The van der Waals surface area contributed by atoms with Crippen molar-refractivity contribution in [2.24, 2.45) is 5.92 Å². The second-order valence-electron chi connectivity index (χ2n) is 4.20. The predicted molar refractivity (Wildman–Crippen MR) is 69.0 cm³/mol. The first-order chi connectivity index (χ1) is 8.58. The quantitative estimate of drug-likeness (QED) is 0.757. The van der Waals surface area contributed by atoms with E-state index in [-0.39, 0.29) is 24.6 Å². The summed E-state index contributed by atoms with van der Waals surface area (Å²) in [7, 11) is 0. The highest BCUT2D eigenvalue weighted by atomic mass is 16.3. The molecule has 2 unspecified atom stereocenters. The summed E-state index contributed by atoms with van der Waals surface area (Å²) in [6, 6.07) is 8.25. The maximum atomic E-state index is 11.7. The van der Waals surface area contributed by atoms with Crippen molar-refractivity contribution in [2.45, 2.75) is 19.9 Å². The van der Waals surface area contributed by atoms with Crippen LogP contribution in [0.3, 0.4) is 0 Å². The number of para-hydroxylation sites is 1. The Hall–Kier alpha value is -2.06. The van der Waals surface area contributed by atoms with Crippen molar-refractivity contribution >= 4 is 11.7 Å². The fourth-order valence-electron chi connectivity index (χ4n) is 1.36. The van der Waals surface area contributed by atoms with Crippen LogP contribution >= 0.6 is 0 Å². The topological polar surface area (TPSA) is 85.2 Å². The molecule has 0 radical (unpaired) electrons. The molecule has 0 spiro atoms. The average molecular weight is 247 g/mol. The smallest absolute Gasteiger partial charge is 0.319 e. The fourth-order valence-corrected chi connectivity index (χ4v) is 1.36. The standard InChI is InChI=1S/C13H17N3O2/c1-9(8-17)10(2)15-13(18)16-12-6-4-3-5-11(12)7-14/h3-6,9-10,17H,8H2,1-2H3,(H2,15,16,18). The zero-order chi connectivity index (χ0) is 13.5. The van der Waals surface area contributed by atoms with Gasteiger partial charge in [0.05, 0.1) is 11.3 Å². The van der Waals surface area contributed by atoms with Crippen LogP contribution in [0.4, 0.5) is 10.5 Å². The van der Waals surface area contributed by atoms with Crippen molar-refractivity contribution in [2.75, 3.05) is 11.9 Å². The maximum Gasteiger partial charge on any atom is 0.319 e. The van der Waals surface area contributed by atoms with Crippen LogP contribution in [-0.2, 0) is 0 Å². The van der Waals surface area contributed by atoms with Gasteiger partial charge in [-0.2, -0.15) is 5.26 Å². The summed E-state index contributed by atoms with van der Waals surface area (Å²) >= 11 is 0. The number of aliphatic hydroxyl groups is 1. The number of amides is 2. The van der Waals surface area contributed by atoms with Gasteiger partial charge in [-0.1, -0.05) is 19.1 Å². The Morgan fingerprint density at radius 1 is 1.44 bits per heavy atom. The van der Waals surface area contributed by atoms with Gasteiger partial charge in [0.1, 0.15) is 6.07 Å². The summed E-state index contributed by atoms with van der Waals surface area (Å²) in [5, 5.41) is 23.2. The number of aliphatic hydroxyl groups excluding tert-OH is 1. The molecule has 0 aromatic heterocycles. The van der Waals surface area contributed by atoms with Gasteiger partial charge in [-0.3, -0.25) is 0 Å². The van der Waals surface area contributed by atoms with E-state index in [1.54, 1.807) is 24.3 Å². The number of hydrogen-bond acceptors (Lipinski definition) is 3. The highest BCUT2D eigenvalue weighted by Crippen LogP contribution is 2.13. The van der Waals surface area contributed by atoms with Gasteiger partial charge < -0.3 is 15.7 Å². The lowest BCUT2D eigenvalue weighted by atomic mass is 10.1. The number of carbonyl (C=O) groups excluding carboxylic acids is 1. The van der Waals surface area contributed by atoms with Crippen molar-refractivity contribution in [3.8, 4) is 6.07 Å². The first kappa shape index (κ1) is 14.0. The molecule has 5 heteroatoms. The number of nitriles is 1. The first-order valence-corrected chi connectivity index (χ1v) is 5.76.